The molecule has 1 aliphatic rings. The lowest BCUT2D eigenvalue weighted by atomic mass is 9.93. The van der Waals surface area contributed by atoms with Gasteiger partial charge in [-0.2, -0.15) is 0 Å². The van der Waals surface area contributed by atoms with Crippen molar-refractivity contribution in [1.29, 1.82) is 0 Å². The van der Waals surface area contributed by atoms with Crippen molar-refractivity contribution in [3.8, 4) is 0 Å². The minimum atomic E-state index is -0.200. The SMILES string of the molecule is CCCNC(=O)CC1CCN(CC(O)CC)CC1. The van der Waals surface area contributed by atoms with E-state index in [9.17, 15) is 9.90 Å². The topological polar surface area (TPSA) is 52.6 Å². The summed E-state index contributed by atoms with van der Waals surface area (Å²) in [7, 11) is 0. The van der Waals surface area contributed by atoms with E-state index in [1.807, 2.05) is 6.92 Å². The number of nitrogens with one attached hydrogen (secondary N) is 1. The number of rotatable bonds is 7. The van der Waals surface area contributed by atoms with Crippen LogP contribution in [0.2, 0.25) is 0 Å². The summed E-state index contributed by atoms with van der Waals surface area (Å²) in [6.07, 6.45) is 4.45. The molecule has 0 aromatic carbocycles. The lowest BCUT2D eigenvalue weighted by molar-refractivity contribution is -0.122. The maximum atomic E-state index is 11.6. The molecule has 18 heavy (non-hydrogen) atoms. The van der Waals surface area contributed by atoms with E-state index in [1.165, 1.54) is 0 Å². The van der Waals surface area contributed by atoms with Crippen molar-refractivity contribution < 1.29 is 9.90 Å². The number of piperidine rings is 1. The number of hydrogen-bond donors (Lipinski definition) is 2. The first-order chi connectivity index (χ1) is 8.65. The van der Waals surface area contributed by atoms with Gasteiger partial charge in [0.05, 0.1) is 6.10 Å². The smallest absolute Gasteiger partial charge is 0.220 e. The van der Waals surface area contributed by atoms with Crippen LogP contribution < -0.4 is 5.32 Å². The van der Waals surface area contributed by atoms with E-state index >= 15 is 0 Å². The summed E-state index contributed by atoms with van der Waals surface area (Å²) >= 11 is 0. The minimum Gasteiger partial charge on any atom is -0.392 e. The van der Waals surface area contributed by atoms with E-state index in [-0.39, 0.29) is 12.0 Å². The molecule has 2 N–H and O–H groups in total. The lowest BCUT2D eigenvalue weighted by Gasteiger charge is -2.32. The highest BCUT2D eigenvalue weighted by atomic mass is 16.3. The van der Waals surface area contributed by atoms with E-state index in [4.69, 9.17) is 0 Å². The maximum Gasteiger partial charge on any atom is 0.220 e. The first-order valence-corrected chi connectivity index (χ1v) is 7.32. The van der Waals surface area contributed by atoms with Gasteiger partial charge in [-0.3, -0.25) is 4.79 Å². The number of aliphatic hydroxyl groups excluding tert-OH is 1. The molecule has 0 aliphatic carbocycles. The van der Waals surface area contributed by atoms with Gasteiger partial charge in [-0.25, -0.2) is 0 Å². The fourth-order valence-corrected chi connectivity index (χ4v) is 2.40. The van der Waals surface area contributed by atoms with Gasteiger partial charge < -0.3 is 15.3 Å². The van der Waals surface area contributed by atoms with E-state index in [2.05, 4.69) is 17.1 Å². The first-order valence-electron chi connectivity index (χ1n) is 7.32. The maximum absolute atomic E-state index is 11.6. The van der Waals surface area contributed by atoms with Gasteiger partial charge in [0.2, 0.25) is 5.91 Å². The van der Waals surface area contributed by atoms with Crippen LogP contribution in [0.5, 0.6) is 0 Å². The van der Waals surface area contributed by atoms with Crippen LogP contribution >= 0.6 is 0 Å². The predicted octanol–water partition coefficient (Wildman–Crippen LogP) is 1.39. The highest BCUT2D eigenvalue weighted by Crippen LogP contribution is 2.20. The average Bonchev–Trinajstić information content (AvgIpc) is 2.38. The van der Waals surface area contributed by atoms with Gasteiger partial charge in [0.25, 0.3) is 0 Å². The Balaban J connectivity index is 2.17. The van der Waals surface area contributed by atoms with Crippen LogP contribution in [0.4, 0.5) is 0 Å². The molecule has 4 nitrogen and oxygen atoms in total. The van der Waals surface area contributed by atoms with Crippen molar-refractivity contribution >= 4 is 5.91 Å². The van der Waals surface area contributed by atoms with E-state index in [1.54, 1.807) is 0 Å². The van der Waals surface area contributed by atoms with Crippen molar-refractivity contribution in [2.24, 2.45) is 5.92 Å². The molecule has 0 bridgehead atoms. The Hall–Kier alpha value is -0.610. The fraction of sp³-hybridized carbons (Fsp3) is 0.929. The lowest BCUT2D eigenvalue weighted by Crippen LogP contribution is -2.39. The molecule has 0 aromatic heterocycles. The number of β-amino-alcohol motifs (C(OH)–C–C–N with tert-alkyl or cyclic N) is 1. The van der Waals surface area contributed by atoms with Crippen molar-refractivity contribution in [3.05, 3.63) is 0 Å². The second-order valence-electron chi connectivity index (χ2n) is 5.36. The monoisotopic (exact) mass is 256 g/mol. The third-order valence-corrected chi connectivity index (χ3v) is 3.69. The third kappa shape index (κ3) is 5.83. The molecule has 0 saturated carbocycles. The molecule has 4 heteroatoms. The molecule has 1 unspecified atom stereocenters. The zero-order valence-corrected chi connectivity index (χ0v) is 11.8. The predicted molar refractivity (Wildman–Crippen MR) is 73.4 cm³/mol. The molecule has 1 aliphatic heterocycles. The van der Waals surface area contributed by atoms with E-state index in [0.717, 1.165) is 51.9 Å². The molecule has 1 atom stereocenters. The van der Waals surface area contributed by atoms with Crippen LogP contribution in [-0.4, -0.2) is 48.2 Å². The van der Waals surface area contributed by atoms with Gasteiger partial charge in [-0.15, -0.1) is 0 Å². The number of carbonyl (C=O) groups is 1. The molecule has 0 spiro atoms. The van der Waals surface area contributed by atoms with E-state index < -0.39 is 0 Å². The zero-order valence-electron chi connectivity index (χ0n) is 11.8. The summed E-state index contributed by atoms with van der Waals surface area (Å²) in [5.74, 6) is 0.723. The highest BCUT2D eigenvalue weighted by molar-refractivity contribution is 5.76. The van der Waals surface area contributed by atoms with Crippen LogP contribution in [0.15, 0.2) is 0 Å². The standard InChI is InChI=1S/C14H28N2O2/c1-3-7-15-14(18)10-12-5-8-16(9-6-12)11-13(17)4-2/h12-13,17H,3-11H2,1-2H3,(H,15,18). The summed E-state index contributed by atoms with van der Waals surface area (Å²) in [6, 6.07) is 0. The van der Waals surface area contributed by atoms with Crippen LogP contribution in [-0.2, 0) is 4.79 Å². The Bertz CT molecular complexity index is 238. The molecular formula is C14H28N2O2. The van der Waals surface area contributed by atoms with Crippen molar-refractivity contribution in [2.75, 3.05) is 26.2 Å². The number of hydrogen-bond acceptors (Lipinski definition) is 3. The molecular weight excluding hydrogens is 228 g/mol. The van der Waals surface area contributed by atoms with Crippen molar-refractivity contribution in [1.82, 2.24) is 10.2 Å². The molecule has 0 radical (unpaired) electrons. The molecule has 1 amide bonds. The number of aliphatic hydroxyl groups is 1. The molecule has 1 saturated heterocycles. The van der Waals surface area contributed by atoms with Gasteiger partial charge in [-0.05, 0) is 44.7 Å². The molecule has 1 rings (SSSR count). The van der Waals surface area contributed by atoms with Gasteiger partial charge in [0, 0.05) is 19.5 Å². The van der Waals surface area contributed by atoms with Gasteiger partial charge in [0.1, 0.15) is 0 Å². The second-order valence-corrected chi connectivity index (χ2v) is 5.36. The first kappa shape index (κ1) is 15.4. The Labute approximate surface area is 111 Å². The Morgan fingerprint density at radius 1 is 1.39 bits per heavy atom. The van der Waals surface area contributed by atoms with E-state index in [0.29, 0.717) is 12.3 Å². The van der Waals surface area contributed by atoms with Gasteiger partial charge in [0.15, 0.2) is 0 Å². The zero-order chi connectivity index (χ0) is 13.4. The van der Waals surface area contributed by atoms with Crippen LogP contribution in [0, 0.1) is 5.92 Å². The van der Waals surface area contributed by atoms with Crippen LogP contribution in [0.3, 0.4) is 0 Å². The summed E-state index contributed by atoms with van der Waals surface area (Å²) < 4.78 is 0. The molecule has 1 heterocycles. The van der Waals surface area contributed by atoms with Gasteiger partial charge >= 0.3 is 0 Å². The fourth-order valence-electron chi connectivity index (χ4n) is 2.40. The van der Waals surface area contributed by atoms with Crippen LogP contribution in [0.1, 0.15) is 46.0 Å². The number of amides is 1. The number of likely N-dealkylation sites (tertiary alicyclic amines) is 1. The Morgan fingerprint density at radius 3 is 2.61 bits per heavy atom. The molecule has 1 fully saturated rings. The average molecular weight is 256 g/mol. The Morgan fingerprint density at radius 2 is 2.06 bits per heavy atom. The minimum absolute atomic E-state index is 0.198. The quantitative estimate of drug-likeness (QED) is 0.723. The molecule has 0 aromatic rings. The summed E-state index contributed by atoms with van der Waals surface area (Å²) in [5.41, 5.74) is 0. The largest absolute Gasteiger partial charge is 0.392 e. The summed E-state index contributed by atoms with van der Waals surface area (Å²) in [6.45, 7) is 7.69. The van der Waals surface area contributed by atoms with Crippen molar-refractivity contribution in [2.45, 2.75) is 52.1 Å². The highest BCUT2D eigenvalue weighted by Gasteiger charge is 2.22. The molecule has 106 valence electrons. The van der Waals surface area contributed by atoms with Crippen molar-refractivity contribution in [3.63, 3.8) is 0 Å². The number of nitrogens with zero attached hydrogens (tertiary/aromatic N) is 1. The number of carbonyl (C=O) groups excluding carboxylic acids is 1. The summed E-state index contributed by atoms with van der Waals surface area (Å²) in [4.78, 5) is 13.9. The summed E-state index contributed by atoms with van der Waals surface area (Å²) in [5, 5.41) is 12.6. The normalized spacial score (nSPS) is 19.7. The van der Waals surface area contributed by atoms with Crippen LogP contribution in [0.25, 0.3) is 0 Å². The second kappa shape index (κ2) is 8.48. The Kier molecular flexibility index (Phi) is 7.28. The third-order valence-electron chi connectivity index (χ3n) is 3.69. The van der Waals surface area contributed by atoms with Gasteiger partial charge in [-0.1, -0.05) is 13.8 Å².